The van der Waals surface area contributed by atoms with Gasteiger partial charge in [-0.25, -0.2) is 0 Å². The van der Waals surface area contributed by atoms with Gasteiger partial charge in [-0.2, -0.15) is 0 Å². The van der Waals surface area contributed by atoms with Crippen LogP contribution in [0.4, 0.5) is 0 Å². The van der Waals surface area contributed by atoms with Crippen LogP contribution in [0.5, 0.6) is 11.5 Å². The molecule has 1 fully saturated rings. The Labute approximate surface area is 140 Å². The summed E-state index contributed by atoms with van der Waals surface area (Å²) in [6.07, 6.45) is 4.64. The number of hydrogen-bond donors (Lipinski definition) is 1. The second-order valence-corrected chi connectivity index (χ2v) is 6.65. The van der Waals surface area contributed by atoms with Gasteiger partial charge in [0.1, 0.15) is 18.1 Å². The zero-order valence-electron chi connectivity index (χ0n) is 13.2. The molecule has 1 saturated carbocycles. The number of benzene rings is 1. The first-order valence-electron chi connectivity index (χ1n) is 7.90. The van der Waals surface area contributed by atoms with Crippen LogP contribution < -0.4 is 14.8 Å². The van der Waals surface area contributed by atoms with E-state index in [4.69, 9.17) is 9.47 Å². The SMILES string of the molecule is COc1ccc(OCc2csc(C(=O)NC3CCCC3)c2)cc1. The predicted molar refractivity (Wildman–Crippen MR) is 91.4 cm³/mol. The maximum atomic E-state index is 12.2. The van der Waals surface area contributed by atoms with E-state index < -0.39 is 0 Å². The Morgan fingerprint density at radius 1 is 1.22 bits per heavy atom. The van der Waals surface area contributed by atoms with Crippen molar-refractivity contribution in [1.29, 1.82) is 0 Å². The van der Waals surface area contributed by atoms with Gasteiger partial charge in [-0.1, -0.05) is 12.8 Å². The average molecular weight is 331 g/mol. The first-order valence-corrected chi connectivity index (χ1v) is 8.77. The van der Waals surface area contributed by atoms with Gasteiger partial charge in [0.25, 0.3) is 5.91 Å². The second-order valence-electron chi connectivity index (χ2n) is 5.74. The van der Waals surface area contributed by atoms with Crippen LogP contribution >= 0.6 is 11.3 Å². The molecular formula is C18H21NO3S. The Bertz CT molecular complexity index is 645. The smallest absolute Gasteiger partial charge is 0.261 e. The molecule has 0 atom stereocenters. The quantitative estimate of drug-likeness (QED) is 0.870. The predicted octanol–water partition coefficient (Wildman–Crippen LogP) is 4.01. The van der Waals surface area contributed by atoms with Gasteiger partial charge >= 0.3 is 0 Å². The number of rotatable bonds is 6. The number of nitrogens with one attached hydrogen (secondary N) is 1. The van der Waals surface area contributed by atoms with Crippen LogP contribution in [0.1, 0.15) is 40.9 Å². The Morgan fingerprint density at radius 2 is 1.91 bits per heavy atom. The van der Waals surface area contributed by atoms with Gasteiger partial charge in [0.2, 0.25) is 0 Å². The molecule has 122 valence electrons. The lowest BCUT2D eigenvalue weighted by molar-refractivity contribution is 0.0942. The standard InChI is InChI=1S/C18H21NO3S/c1-21-15-6-8-16(9-7-15)22-11-13-10-17(23-12-13)18(20)19-14-4-2-3-5-14/h6-10,12,14H,2-5,11H2,1H3,(H,19,20). The van der Waals surface area contributed by atoms with E-state index in [-0.39, 0.29) is 5.91 Å². The number of carbonyl (C=O) groups excluding carboxylic acids is 1. The van der Waals surface area contributed by atoms with Crippen LogP contribution in [0.25, 0.3) is 0 Å². The van der Waals surface area contributed by atoms with E-state index in [1.54, 1.807) is 7.11 Å². The Kier molecular flexibility index (Phi) is 5.18. The topological polar surface area (TPSA) is 47.6 Å². The lowest BCUT2D eigenvalue weighted by atomic mass is 10.2. The van der Waals surface area contributed by atoms with Crippen molar-refractivity contribution < 1.29 is 14.3 Å². The van der Waals surface area contributed by atoms with E-state index in [0.29, 0.717) is 12.6 Å². The molecule has 0 spiro atoms. The van der Waals surface area contributed by atoms with Gasteiger partial charge in [0.15, 0.2) is 0 Å². The minimum atomic E-state index is 0.0394. The first-order chi connectivity index (χ1) is 11.2. The van der Waals surface area contributed by atoms with Crippen LogP contribution in [-0.4, -0.2) is 19.1 Å². The van der Waals surface area contributed by atoms with Crippen molar-refractivity contribution in [3.05, 3.63) is 46.2 Å². The van der Waals surface area contributed by atoms with E-state index in [0.717, 1.165) is 34.8 Å². The molecule has 0 saturated heterocycles. The largest absolute Gasteiger partial charge is 0.497 e. The lowest BCUT2D eigenvalue weighted by Gasteiger charge is -2.10. The molecule has 3 rings (SSSR count). The summed E-state index contributed by atoms with van der Waals surface area (Å²) in [5.74, 6) is 1.63. The highest BCUT2D eigenvalue weighted by molar-refractivity contribution is 7.12. The number of ether oxygens (including phenoxy) is 2. The number of methoxy groups -OCH3 is 1. The summed E-state index contributed by atoms with van der Waals surface area (Å²) in [6.45, 7) is 0.458. The molecule has 0 unspecified atom stereocenters. The highest BCUT2D eigenvalue weighted by Crippen LogP contribution is 2.22. The average Bonchev–Trinajstić information content (AvgIpc) is 3.25. The zero-order chi connectivity index (χ0) is 16.1. The van der Waals surface area contributed by atoms with Crippen molar-refractivity contribution >= 4 is 17.2 Å². The van der Waals surface area contributed by atoms with Crippen molar-refractivity contribution in [2.45, 2.75) is 38.3 Å². The summed E-state index contributed by atoms with van der Waals surface area (Å²) in [5, 5.41) is 5.09. The molecule has 1 aliphatic carbocycles. The molecule has 1 amide bonds. The third kappa shape index (κ3) is 4.26. The summed E-state index contributed by atoms with van der Waals surface area (Å²) in [6, 6.07) is 9.74. The molecule has 5 heteroatoms. The third-order valence-corrected chi connectivity index (χ3v) is 5.01. The maximum Gasteiger partial charge on any atom is 0.261 e. The van der Waals surface area contributed by atoms with Gasteiger partial charge in [0, 0.05) is 11.6 Å². The van der Waals surface area contributed by atoms with E-state index in [2.05, 4.69) is 5.32 Å². The molecule has 1 heterocycles. The van der Waals surface area contributed by atoms with Crippen LogP contribution in [-0.2, 0) is 6.61 Å². The van der Waals surface area contributed by atoms with Crippen LogP contribution in [0, 0.1) is 0 Å². The van der Waals surface area contributed by atoms with Crippen molar-refractivity contribution in [2.24, 2.45) is 0 Å². The summed E-state index contributed by atoms with van der Waals surface area (Å²) in [5.41, 5.74) is 1.02. The zero-order valence-corrected chi connectivity index (χ0v) is 14.0. The fourth-order valence-electron chi connectivity index (χ4n) is 2.74. The van der Waals surface area contributed by atoms with Crippen LogP contribution in [0.3, 0.4) is 0 Å². The minimum Gasteiger partial charge on any atom is -0.497 e. The number of thiophene rings is 1. The molecular weight excluding hydrogens is 310 g/mol. The monoisotopic (exact) mass is 331 g/mol. The molecule has 23 heavy (non-hydrogen) atoms. The first kappa shape index (κ1) is 15.9. The third-order valence-electron chi connectivity index (χ3n) is 4.03. The Morgan fingerprint density at radius 3 is 2.61 bits per heavy atom. The fraction of sp³-hybridized carbons (Fsp3) is 0.389. The Balaban J connectivity index is 1.52. The van der Waals surface area contributed by atoms with Crippen molar-refractivity contribution in [1.82, 2.24) is 5.32 Å². The van der Waals surface area contributed by atoms with Crippen molar-refractivity contribution in [3.63, 3.8) is 0 Å². The van der Waals surface area contributed by atoms with E-state index in [9.17, 15) is 4.79 Å². The molecule has 1 aromatic heterocycles. The maximum absolute atomic E-state index is 12.2. The molecule has 0 radical (unpaired) electrons. The van der Waals surface area contributed by atoms with Gasteiger partial charge in [0.05, 0.1) is 12.0 Å². The fourth-order valence-corrected chi connectivity index (χ4v) is 3.54. The minimum absolute atomic E-state index is 0.0394. The van der Waals surface area contributed by atoms with Crippen molar-refractivity contribution in [2.75, 3.05) is 7.11 Å². The summed E-state index contributed by atoms with van der Waals surface area (Å²) >= 11 is 1.47. The lowest BCUT2D eigenvalue weighted by Crippen LogP contribution is -2.31. The van der Waals surface area contributed by atoms with Crippen LogP contribution in [0.2, 0.25) is 0 Å². The van der Waals surface area contributed by atoms with E-state index in [1.807, 2.05) is 35.7 Å². The van der Waals surface area contributed by atoms with Gasteiger partial charge < -0.3 is 14.8 Å². The highest BCUT2D eigenvalue weighted by atomic mass is 32.1. The molecule has 0 aliphatic heterocycles. The molecule has 0 bridgehead atoms. The molecule has 2 aromatic rings. The summed E-state index contributed by atoms with van der Waals surface area (Å²) in [7, 11) is 1.64. The van der Waals surface area contributed by atoms with Gasteiger partial charge in [-0.05, 0) is 48.6 Å². The van der Waals surface area contributed by atoms with Crippen LogP contribution in [0.15, 0.2) is 35.7 Å². The second kappa shape index (κ2) is 7.51. The number of hydrogen-bond acceptors (Lipinski definition) is 4. The number of carbonyl (C=O) groups is 1. The summed E-state index contributed by atoms with van der Waals surface area (Å²) in [4.78, 5) is 13.0. The van der Waals surface area contributed by atoms with Gasteiger partial charge in [-0.3, -0.25) is 4.79 Å². The molecule has 1 N–H and O–H groups in total. The van der Waals surface area contributed by atoms with E-state index >= 15 is 0 Å². The highest BCUT2D eigenvalue weighted by Gasteiger charge is 2.18. The molecule has 1 aliphatic rings. The number of amides is 1. The van der Waals surface area contributed by atoms with Gasteiger partial charge in [-0.15, -0.1) is 11.3 Å². The molecule has 1 aromatic carbocycles. The Hall–Kier alpha value is -2.01. The normalized spacial score (nSPS) is 14.7. The van der Waals surface area contributed by atoms with Crippen molar-refractivity contribution in [3.8, 4) is 11.5 Å². The molecule has 4 nitrogen and oxygen atoms in total. The van der Waals surface area contributed by atoms with E-state index in [1.165, 1.54) is 24.2 Å². The summed E-state index contributed by atoms with van der Waals surface area (Å²) < 4.78 is 10.9.